The molecule has 0 amide bonds. The van der Waals surface area contributed by atoms with Crippen molar-refractivity contribution >= 4 is 39.1 Å². The van der Waals surface area contributed by atoms with E-state index in [0.717, 1.165) is 21.7 Å². The Kier molecular flexibility index (Phi) is 3.52. The number of hydrogen-bond donors (Lipinski definition) is 0. The number of halogens is 1. The molecule has 0 radical (unpaired) electrons. The molecule has 0 saturated carbocycles. The third-order valence-electron chi connectivity index (χ3n) is 2.72. The molecule has 18 heavy (non-hydrogen) atoms. The average molecular weight is 310 g/mol. The largest absolute Gasteiger partial charge is 0.461 e. The summed E-state index contributed by atoms with van der Waals surface area (Å²) in [5, 5.41) is 0.831. The first-order chi connectivity index (χ1) is 8.58. The summed E-state index contributed by atoms with van der Waals surface area (Å²) in [7, 11) is 1.79. The molecule has 94 valence electrons. The van der Waals surface area contributed by atoms with Gasteiger partial charge in [0.1, 0.15) is 12.0 Å². The van der Waals surface area contributed by atoms with Gasteiger partial charge in [0.2, 0.25) is 0 Å². The van der Waals surface area contributed by atoms with Gasteiger partial charge in [0.15, 0.2) is 0 Å². The van der Waals surface area contributed by atoms with Crippen LogP contribution in [-0.2, 0) is 11.8 Å². The minimum Gasteiger partial charge on any atom is -0.461 e. The number of aldehydes is 1. The molecular weight excluding hydrogens is 298 g/mol. The first kappa shape index (κ1) is 12.8. The number of carbonyl (C=O) groups is 2. The Morgan fingerprint density at radius 3 is 2.78 bits per heavy atom. The maximum absolute atomic E-state index is 11.8. The van der Waals surface area contributed by atoms with E-state index in [1.165, 1.54) is 0 Å². The van der Waals surface area contributed by atoms with Crippen LogP contribution in [0.1, 0.15) is 27.8 Å². The Balaban J connectivity index is 2.65. The summed E-state index contributed by atoms with van der Waals surface area (Å²) >= 11 is 3.41. The molecule has 0 aliphatic heterocycles. The van der Waals surface area contributed by atoms with Gasteiger partial charge in [-0.15, -0.1) is 0 Å². The van der Waals surface area contributed by atoms with Crippen molar-refractivity contribution in [1.29, 1.82) is 0 Å². The molecule has 0 atom stereocenters. The Hall–Kier alpha value is -1.62. The molecule has 5 heteroatoms. The van der Waals surface area contributed by atoms with Crippen molar-refractivity contribution in [2.45, 2.75) is 6.92 Å². The maximum Gasteiger partial charge on any atom is 0.354 e. The van der Waals surface area contributed by atoms with Crippen LogP contribution >= 0.6 is 15.9 Å². The van der Waals surface area contributed by atoms with Gasteiger partial charge >= 0.3 is 5.97 Å². The molecular formula is C13H12BrNO3. The number of benzene rings is 1. The van der Waals surface area contributed by atoms with Crippen LogP contribution in [0.2, 0.25) is 0 Å². The normalized spacial score (nSPS) is 10.6. The number of aryl methyl sites for hydroxylation is 1. The summed E-state index contributed by atoms with van der Waals surface area (Å²) in [5.41, 5.74) is 1.90. The fraction of sp³-hybridized carbons (Fsp3) is 0.231. The highest BCUT2D eigenvalue weighted by Gasteiger charge is 2.16. The quantitative estimate of drug-likeness (QED) is 0.647. The molecule has 0 spiro atoms. The standard InChI is InChI=1S/C13H12BrNO3/c1-3-18-13(17)11-6-9-4-8(7-16)5-10(14)12(9)15(11)2/h4-7H,3H2,1-2H3. The molecule has 0 N–H and O–H groups in total. The summed E-state index contributed by atoms with van der Waals surface area (Å²) in [5.74, 6) is -0.365. The SMILES string of the molecule is CCOC(=O)c1cc2cc(C=O)cc(Br)c2n1C. The number of nitrogens with zero attached hydrogens (tertiary/aromatic N) is 1. The van der Waals surface area contributed by atoms with Gasteiger partial charge in [-0.25, -0.2) is 4.79 Å². The van der Waals surface area contributed by atoms with Crippen molar-refractivity contribution in [3.05, 3.63) is 33.9 Å². The van der Waals surface area contributed by atoms with E-state index in [1.54, 1.807) is 36.7 Å². The van der Waals surface area contributed by atoms with Crippen LogP contribution < -0.4 is 0 Å². The van der Waals surface area contributed by atoms with Crippen LogP contribution in [0.4, 0.5) is 0 Å². The molecule has 0 bridgehead atoms. The van der Waals surface area contributed by atoms with Crippen molar-refractivity contribution in [1.82, 2.24) is 4.57 Å². The minimum atomic E-state index is -0.365. The van der Waals surface area contributed by atoms with Gasteiger partial charge in [0.05, 0.1) is 12.1 Å². The van der Waals surface area contributed by atoms with Crippen LogP contribution in [0.15, 0.2) is 22.7 Å². The van der Waals surface area contributed by atoms with Gasteiger partial charge in [0.25, 0.3) is 0 Å². The number of ether oxygens (including phenoxy) is 1. The summed E-state index contributed by atoms with van der Waals surface area (Å²) < 4.78 is 7.52. The summed E-state index contributed by atoms with van der Waals surface area (Å²) in [4.78, 5) is 22.6. The number of fused-ring (bicyclic) bond motifs is 1. The second-order valence-electron chi connectivity index (χ2n) is 3.87. The van der Waals surface area contributed by atoms with Gasteiger partial charge < -0.3 is 9.30 Å². The number of rotatable bonds is 3. The van der Waals surface area contributed by atoms with Crippen LogP contribution in [-0.4, -0.2) is 23.4 Å². The zero-order chi connectivity index (χ0) is 13.3. The van der Waals surface area contributed by atoms with Gasteiger partial charge in [0, 0.05) is 22.5 Å². The van der Waals surface area contributed by atoms with Crippen molar-refractivity contribution in [3.63, 3.8) is 0 Å². The molecule has 0 saturated heterocycles. The molecule has 1 heterocycles. The summed E-state index contributed by atoms with van der Waals surface area (Å²) in [6, 6.07) is 5.20. The first-order valence-corrected chi connectivity index (χ1v) is 6.29. The number of carbonyl (C=O) groups excluding carboxylic acids is 2. The molecule has 4 nitrogen and oxygen atoms in total. The van der Waals surface area contributed by atoms with Crippen molar-refractivity contribution in [2.24, 2.45) is 7.05 Å². The Bertz CT molecular complexity index is 631. The molecule has 0 fully saturated rings. The monoisotopic (exact) mass is 309 g/mol. The smallest absolute Gasteiger partial charge is 0.354 e. The lowest BCUT2D eigenvalue weighted by Gasteiger charge is -2.04. The van der Waals surface area contributed by atoms with E-state index in [2.05, 4.69) is 15.9 Å². The topological polar surface area (TPSA) is 48.3 Å². The zero-order valence-corrected chi connectivity index (χ0v) is 11.7. The highest BCUT2D eigenvalue weighted by Crippen LogP contribution is 2.28. The van der Waals surface area contributed by atoms with E-state index in [0.29, 0.717) is 17.9 Å². The molecule has 2 aromatic rings. The molecule has 2 rings (SSSR count). The minimum absolute atomic E-state index is 0.334. The highest BCUT2D eigenvalue weighted by molar-refractivity contribution is 9.10. The summed E-state index contributed by atoms with van der Waals surface area (Å²) in [6.45, 7) is 2.10. The average Bonchev–Trinajstić information content (AvgIpc) is 2.67. The summed E-state index contributed by atoms with van der Waals surface area (Å²) in [6.07, 6.45) is 0.779. The second-order valence-corrected chi connectivity index (χ2v) is 4.72. The molecule has 0 unspecified atom stereocenters. The number of hydrogen-bond acceptors (Lipinski definition) is 3. The van der Waals surface area contributed by atoms with Gasteiger partial charge in [-0.3, -0.25) is 4.79 Å². The van der Waals surface area contributed by atoms with Crippen molar-refractivity contribution < 1.29 is 14.3 Å². The van der Waals surface area contributed by atoms with E-state index in [1.807, 2.05) is 0 Å². The van der Waals surface area contributed by atoms with Gasteiger partial charge in [-0.2, -0.15) is 0 Å². The lowest BCUT2D eigenvalue weighted by Crippen LogP contribution is -2.09. The van der Waals surface area contributed by atoms with E-state index in [4.69, 9.17) is 4.74 Å². The van der Waals surface area contributed by atoms with Crippen LogP contribution in [0.25, 0.3) is 10.9 Å². The van der Waals surface area contributed by atoms with Crippen LogP contribution in [0, 0.1) is 0 Å². The fourth-order valence-corrected chi connectivity index (χ4v) is 2.70. The van der Waals surface area contributed by atoms with E-state index in [9.17, 15) is 9.59 Å². The van der Waals surface area contributed by atoms with E-state index in [-0.39, 0.29) is 5.97 Å². The molecule has 1 aromatic carbocycles. The number of esters is 1. The van der Waals surface area contributed by atoms with Crippen LogP contribution in [0.5, 0.6) is 0 Å². The third-order valence-corrected chi connectivity index (χ3v) is 3.33. The van der Waals surface area contributed by atoms with E-state index < -0.39 is 0 Å². The maximum atomic E-state index is 11.8. The third kappa shape index (κ3) is 2.06. The van der Waals surface area contributed by atoms with E-state index >= 15 is 0 Å². The van der Waals surface area contributed by atoms with Crippen LogP contribution in [0.3, 0.4) is 0 Å². The second kappa shape index (κ2) is 4.94. The Morgan fingerprint density at radius 1 is 1.44 bits per heavy atom. The van der Waals surface area contributed by atoms with Gasteiger partial charge in [-0.05, 0) is 41.1 Å². The van der Waals surface area contributed by atoms with Crippen molar-refractivity contribution in [3.8, 4) is 0 Å². The number of aromatic nitrogens is 1. The molecule has 0 aliphatic rings. The first-order valence-electron chi connectivity index (χ1n) is 5.49. The van der Waals surface area contributed by atoms with Crippen molar-refractivity contribution in [2.75, 3.05) is 6.61 Å². The fourth-order valence-electron chi connectivity index (χ4n) is 1.94. The highest BCUT2D eigenvalue weighted by atomic mass is 79.9. The zero-order valence-electron chi connectivity index (χ0n) is 10.1. The molecule has 0 aliphatic carbocycles. The molecule has 1 aromatic heterocycles. The predicted molar refractivity (Wildman–Crippen MR) is 72.0 cm³/mol. The van der Waals surface area contributed by atoms with Gasteiger partial charge in [-0.1, -0.05) is 0 Å². The predicted octanol–water partition coefficient (Wildman–Crippen LogP) is 2.93. The lowest BCUT2D eigenvalue weighted by atomic mass is 10.2. The lowest BCUT2D eigenvalue weighted by molar-refractivity contribution is 0.0515. The Labute approximate surface area is 113 Å². The Morgan fingerprint density at radius 2 is 2.17 bits per heavy atom.